The fraction of sp³-hybridized carbons (Fsp3) is 0.273. The fourth-order valence-electron chi connectivity index (χ4n) is 1.20. The van der Waals surface area contributed by atoms with E-state index in [1.165, 1.54) is 23.1 Å². The van der Waals surface area contributed by atoms with Crippen molar-refractivity contribution in [2.45, 2.75) is 17.6 Å². The van der Waals surface area contributed by atoms with Gasteiger partial charge in [-0.3, -0.25) is 0 Å². The summed E-state index contributed by atoms with van der Waals surface area (Å²) in [5.41, 5.74) is 0. The second kappa shape index (κ2) is 5.88. The third-order valence-corrected chi connectivity index (χ3v) is 4.02. The van der Waals surface area contributed by atoms with E-state index in [-0.39, 0.29) is 0 Å². The van der Waals surface area contributed by atoms with Gasteiger partial charge in [0.1, 0.15) is 10.8 Å². The van der Waals surface area contributed by atoms with Crippen molar-refractivity contribution in [3.05, 3.63) is 29.3 Å². The molecule has 4 nitrogen and oxygen atoms in total. The molecule has 0 saturated heterocycles. The number of benzene rings is 1. The highest BCUT2D eigenvalue weighted by molar-refractivity contribution is 7.98. The summed E-state index contributed by atoms with van der Waals surface area (Å²) in [4.78, 5) is 0.848. The number of aromatic nitrogens is 2. The van der Waals surface area contributed by atoms with Gasteiger partial charge in [-0.05, 0) is 19.1 Å². The molecule has 0 fully saturated rings. The van der Waals surface area contributed by atoms with Crippen molar-refractivity contribution >= 4 is 23.1 Å². The van der Waals surface area contributed by atoms with Crippen LogP contribution < -0.4 is 4.74 Å². The lowest BCUT2D eigenvalue weighted by Crippen LogP contribution is -1.89. The van der Waals surface area contributed by atoms with Gasteiger partial charge in [-0.25, -0.2) is 0 Å². The second-order valence-corrected chi connectivity index (χ2v) is 5.19. The third kappa shape index (κ3) is 3.34. The number of hydrogen-bond acceptors (Lipinski definition) is 6. The van der Waals surface area contributed by atoms with Crippen molar-refractivity contribution in [1.82, 2.24) is 10.2 Å². The van der Waals surface area contributed by atoms with E-state index in [0.717, 1.165) is 9.90 Å². The molecule has 0 aliphatic carbocycles. The normalized spacial score (nSPS) is 10.4. The van der Waals surface area contributed by atoms with Gasteiger partial charge in [-0.15, -0.1) is 22.0 Å². The molecular formula is C11H12N2O2S2. The van der Waals surface area contributed by atoms with E-state index in [2.05, 4.69) is 10.2 Å². The highest BCUT2D eigenvalue weighted by Crippen LogP contribution is 2.31. The number of phenolic OH excluding ortho intramolecular Hbond substituents is 1. The fourth-order valence-corrected chi connectivity index (χ4v) is 2.88. The summed E-state index contributed by atoms with van der Waals surface area (Å²) < 4.78 is 5.25. The molecular weight excluding hydrogens is 256 g/mol. The molecule has 0 aliphatic rings. The maximum atomic E-state index is 9.60. The number of para-hydroxylation sites is 1. The average molecular weight is 268 g/mol. The van der Waals surface area contributed by atoms with E-state index in [1.54, 1.807) is 12.1 Å². The number of ether oxygens (including phenoxy) is 1. The SMILES string of the molecule is CCOc1nnc(CSc2ccccc2O)s1. The van der Waals surface area contributed by atoms with Crippen LogP contribution in [-0.2, 0) is 5.75 Å². The Labute approximate surface area is 108 Å². The van der Waals surface area contributed by atoms with Crippen molar-refractivity contribution in [1.29, 1.82) is 0 Å². The van der Waals surface area contributed by atoms with Crippen LogP contribution in [0.4, 0.5) is 0 Å². The summed E-state index contributed by atoms with van der Waals surface area (Å²) >= 11 is 2.97. The highest BCUT2D eigenvalue weighted by atomic mass is 32.2. The Morgan fingerprint density at radius 1 is 1.35 bits per heavy atom. The minimum atomic E-state index is 0.298. The van der Waals surface area contributed by atoms with Crippen LogP contribution in [0.2, 0.25) is 0 Å². The molecule has 1 aromatic carbocycles. The van der Waals surface area contributed by atoms with Crippen LogP contribution in [0.1, 0.15) is 11.9 Å². The Morgan fingerprint density at radius 3 is 2.94 bits per heavy atom. The molecule has 1 aromatic heterocycles. The lowest BCUT2D eigenvalue weighted by Gasteiger charge is -2.00. The maximum absolute atomic E-state index is 9.60. The van der Waals surface area contributed by atoms with Crippen LogP contribution in [0.15, 0.2) is 29.2 Å². The Balaban J connectivity index is 1.95. The van der Waals surface area contributed by atoms with Gasteiger partial charge in [0.25, 0.3) is 5.19 Å². The lowest BCUT2D eigenvalue weighted by atomic mass is 10.3. The molecule has 2 aromatic rings. The quantitative estimate of drug-likeness (QED) is 0.845. The van der Waals surface area contributed by atoms with Gasteiger partial charge in [0.05, 0.1) is 12.4 Å². The summed E-state index contributed by atoms with van der Waals surface area (Å²) in [6, 6.07) is 7.25. The smallest absolute Gasteiger partial charge is 0.294 e. The van der Waals surface area contributed by atoms with Gasteiger partial charge in [0.15, 0.2) is 0 Å². The molecule has 0 amide bonds. The third-order valence-electron chi connectivity index (χ3n) is 1.93. The molecule has 0 radical (unpaired) electrons. The summed E-state index contributed by atoms with van der Waals surface area (Å²) in [7, 11) is 0. The van der Waals surface area contributed by atoms with Crippen molar-refractivity contribution in [3.63, 3.8) is 0 Å². The number of phenols is 1. The van der Waals surface area contributed by atoms with E-state index >= 15 is 0 Å². The molecule has 90 valence electrons. The average Bonchev–Trinajstić information content (AvgIpc) is 2.76. The van der Waals surface area contributed by atoms with Gasteiger partial charge in [-0.1, -0.05) is 23.5 Å². The van der Waals surface area contributed by atoms with Gasteiger partial charge < -0.3 is 9.84 Å². The van der Waals surface area contributed by atoms with Gasteiger partial charge >= 0.3 is 0 Å². The number of aromatic hydroxyl groups is 1. The number of rotatable bonds is 5. The van der Waals surface area contributed by atoms with Crippen molar-refractivity contribution < 1.29 is 9.84 Å². The van der Waals surface area contributed by atoms with E-state index in [0.29, 0.717) is 23.3 Å². The molecule has 0 saturated carbocycles. The van der Waals surface area contributed by atoms with Crippen LogP contribution >= 0.6 is 23.1 Å². The van der Waals surface area contributed by atoms with Crippen LogP contribution in [0.25, 0.3) is 0 Å². The highest BCUT2D eigenvalue weighted by Gasteiger charge is 2.06. The Morgan fingerprint density at radius 2 is 2.18 bits per heavy atom. The number of hydrogen-bond donors (Lipinski definition) is 1. The molecule has 0 atom stereocenters. The topological polar surface area (TPSA) is 55.2 Å². The molecule has 0 spiro atoms. The standard InChI is InChI=1S/C11H12N2O2S2/c1-2-15-11-13-12-10(17-11)7-16-9-6-4-3-5-8(9)14/h3-6,14H,2,7H2,1H3. The summed E-state index contributed by atoms with van der Waals surface area (Å²) in [5, 5.41) is 19.0. The predicted molar refractivity (Wildman–Crippen MR) is 68.7 cm³/mol. The lowest BCUT2D eigenvalue weighted by molar-refractivity contribution is 0.335. The first-order valence-electron chi connectivity index (χ1n) is 5.15. The van der Waals surface area contributed by atoms with E-state index in [1.807, 2.05) is 19.1 Å². The monoisotopic (exact) mass is 268 g/mol. The van der Waals surface area contributed by atoms with E-state index in [4.69, 9.17) is 4.74 Å². The van der Waals surface area contributed by atoms with E-state index in [9.17, 15) is 5.11 Å². The Hall–Kier alpha value is -1.27. The molecule has 0 bridgehead atoms. The molecule has 1 heterocycles. The molecule has 0 unspecified atom stereocenters. The molecule has 2 rings (SSSR count). The number of nitrogens with zero attached hydrogens (tertiary/aromatic N) is 2. The maximum Gasteiger partial charge on any atom is 0.294 e. The van der Waals surface area contributed by atoms with Gasteiger partial charge in [0.2, 0.25) is 0 Å². The molecule has 1 N–H and O–H groups in total. The van der Waals surface area contributed by atoms with Crippen molar-refractivity contribution in [3.8, 4) is 10.9 Å². The molecule has 0 aliphatic heterocycles. The molecule has 6 heteroatoms. The first-order valence-corrected chi connectivity index (χ1v) is 6.95. The van der Waals surface area contributed by atoms with E-state index < -0.39 is 0 Å². The Kier molecular flexibility index (Phi) is 4.22. The van der Waals surface area contributed by atoms with Gasteiger partial charge in [0, 0.05) is 4.90 Å². The Bertz CT molecular complexity index is 488. The van der Waals surface area contributed by atoms with Crippen LogP contribution in [0.3, 0.4) is 0 Å². The van der Waals surface area contributed by atoms with Crippen LogP contribution in [0, 0.1) is 0 Å². The predicted octanol–water partition coefficient (Wildman–Crippen LogP) is 2.93. The van der Waals surface area contributed by atoms with Crippen molar-refractivity contribution in [2.75, 3.05) is 6.61 Å². The zero-order chi connectivity index (χ0) is 12.1. The molecule has 17 heavy (non-hydrogen) atoms. The van der Waals surface area contributed by atoms with Crippen LogP contribution in [0.5, 0.6) is 10.9 Å². The number of thioether (sulfide) groups is 1. The first kappa shape index (κ1) is 12.2. The van der Waals surface area contributed by atoms with Crippen LogP contribution in [-0.4, -0.2) is 21.9 Å². The minimum absolute atomic E-state index is 0.298. The summed E-state index contributed by atoms with van der Waals surface area (Å²) in [6.45, 7) is 2.51. The minimum Gasteiger partial charge on any atom is -0.507 e. The zero-order valence-corrected chi connectivity index (χ0v) is 10.9. The largest absolute Gasteiger partial charge is 0.507 e. The summed E-state index contributed by atoms with van der Waals surface area (Å²) in [5.74, 6) is 0.981. The van der Waals surface area contributed by atoms with Crippen molar-refractivity contribution in [2.24, 2.45) is 0 Å². The second-order valence-electron chi connectivity index (χ2n) is 3.15. The van der Waals surface area contributed by atoms with Gasteiger partial charge in [-0.2, -0.15) is 0 Å². The zero-order valence-electron chi connectivity index (χ0n) is 9.29. The summed E-state index contributed by atoms with van der Waals surface area (Å²) in [6.07, 6.45) is 0. The first-order chi connectivity index (χ1) is 8.29.